The number of unbranched alkanes of at least 4 members (excludes halogenated alkanes) is 4. The first-order chi connectivity index (χ1) is 13.8. The first kappa shape index (κ1) is 26.4. The largest absolute Gasteiger partial charge is 0.343 e. The number of carbonyl (C=O) groups is 1. The van der Waals surface area contributed by atoms with Gasteiger partial charge < -0.3 is 4.90 Å². The van der Waals surface area contributed by atoms with Crippen LogP contribution in [0.4, 0.5) is 0 Å². The minimum Gasteiger partial charge on any atom is -0.343 e. The zero-order valence-corrected chi connectivity index (χ0v) is 18.9. The molecule has 0 aromatic carbocycles. The normalized spacial score (nSPS) is 12.2. The minimum atomic E-state index is 0.319. The van der Waals surface area contributed by atoms with Gasteiger partial charge >= 0.3 is 0 Å². The number of hydrogen-bond donors (Lipinski definition) is 0. The third-order valence-corrected chi connectivity index (χ3v) is 4.56. The van der Waals surface area contributed by atoms with E-state index in [0.29, 0.717) is 12.3 Å². The Balaban J connectivity index is 3.65. The van der Waals surface area contributed by atoms with Gasteiger partial charge in [-0.2, -0.15) is 0 Å². The number of amides is 1. The maximum atomic E-state index is 12.2. The van der Waals surface area contributed by atoms with Gasteiger partial charge in [-0.25, -0.2) is 0 Å². The Hall–Kier alpha value is -1.57. The molecule has 0 aromatic rings. The molecule has 0 aromatic heterocycles. The van der Waals surface area contributed by atoms with E-state index in [1.54, 1.807) is 0 Å². The molecule has 0 saturated heterocycles. The van der Waals surface area contributed by atoms with Crippen LogP contribution >= 0.6 is 0 Å². The van der Waals surface area contributed by atoms with Gasteiger partial charge in [0.2, 0.25) is 5.91 Å². The van der Waals surface area contributed by atoms with E-state index in [4.69, 9.17) is 0 Å². The fraction of sp³-hybridized carbons (Fsp3) is 0.654. The number of rotatable bonds is 18. The van der Waals surface area contributed by atoms with Crippen LogP contribution in [0.3, 0.4) is 0 Å². The summed E-state index contributed by atoms with van der Waals surface area (Å²) in [5.41, 5.74) is 0. The average molecular weight is 388 g/mol. The number of carbonyl (C=O) groups excluding carboxylic acids is 1. The van der Waals surface area contributed by atoms with Crippen LogP contribution in [0.25, 0.3) is 0 Å². The summed E-state index contributed by atoms with van der Waals surface area (Å²) in [6.07, 6.45) is 30.9. The van der Waals surface area contributed by atoms with Gasteiger partial charge in [-0.3, -0.25) is 4.79 Å². The first-order valence-electron chi connectivity index (χ1n) is 11.6. The Bertz CT molecular complexity index is 453. The van der Waals surface area contributed by atoms with Gasteiger partial charge in [0.05, 0.1) is 0 Å². The van der Waals surface area contributed by atoms with Crippen molar-refractivity contribution in [2.75, 3.05) is 13.1 Å². The quantitative estimate of drug-likeness (QED) is 0.174. The van der Waals surface area contributed by atoms with Crippen LogP contribution in [0.15, 0.2) is 48.6 Å². The van der Waals surface area contributed by atoms with E-state index in [9.17, 15) is 4.79 Å². The molecule has 0 aliphatic heterocycles. The SMILES string of the molecule is CCCCCC=CCC=CCC=CCC=CCCCC(=O)N(CCC)CCC. The first-order valence-corrected chi connectivity index (χ1v) is 11.6. The van der Waals surface area contributed by atoms with Gasteiger partial charge in [-0.05, 0) is 57.8 Å². The van der Waals surface area contributed by atoms with E-state index < -0.39 is 0 Å². The van der Waals surface area contributed by atoms with Crippen molar-refractivity contribution in [2.24, 2.45) is 0 Å². The van der Waals surface area contributed by atoms with Crippen LogP contribution < -0.4 is 0 Å². The molecule has 0 fully saturated rings. The lowest BCUT2D eigenvalue weighted by molar-refractivity contribution is -0.131. The Morgan fingerprint density at radius 2 is 1.07 bits per heavy atom. The Labute approximate surface area is 175 Å². The van der Waals surface area contributed by atoms with Crippen LogP contribution in [-0.2, 0) is 4.79 Å². The summed E-state index contributed by atoms with van der Waals surface area (Å²) in [5, 5.41) is 0. The highest BCUT2D eigenvalue weighted by Gasteiger charge is 2.10. The van der Waals surface area contributed by atoms with Gasteiger partial charge in [0.15, 0.2) is 0 Å². The molecule has 1 amide bonds. The summed E-state index contributed by atoms with van der Waals surface area (Å²) in [4.78, 5) is 14.2. The molecule has 160 valence electrons. The van der Waals surface area contributed by atoms with Crippen molar-refractivity contribution in [2.45, 2.75) is 97.8 Å². The van der Waals surface area contributed by atoms with Crippen molar-refractivity contribution in [3.8, 4) is 0 Å². The third kappa shape index (κ3) is 17.8. The molecule has 0 unspecified atom stereocenters. The molecule has 0 rings (SSSR count). The summed E-state index contributed by atoms with van der Waals surface area (Å²) in [7, 11) is 0. The molecule has 0 aliphatic rings. The van der Waals surface area contributed by atoms with E-state index in [0.717, 1.165) is 58.0 Å². The Morgan fingerprint density at radius 1 is 0.607 bits per heavy atom. The molecule has 0 heterocycles. The van der Waals surface area contributed by atoms with E-state index in [1.807, 2.05) is 4.90 Å². The van der Waals surface area contributed by atoms with Gasteiger partial charge in [-0.1, -0.05) is 82.2 Å². The van der Waals surface area contributed by atoms with E-state index in [2.05, 4.69) is 69.4 Å². The number of nitrogens with zero attached hydrogens (tertiary/aromatic N) is 1. The molecular formula is C26H45NO. The smallest absolute Gasteiger partial charge is 0.222 e. The standard InChI is InChI=1S/C26H45NO/c1-4-7-8-9-10-11-12-13-14-15-16-17-18-19-20-21-22-23-26(28)27(24-5-2)25-6-3/h10-11,13-14,16-17,19-20H,4-9,12,15,18,21-25H2,1-3H3. The summed E-state index contributed by atoms with van der Waals surface area (Å²) >= 11 is 0. The Morgan fingerprint density at radius 3 is 1.54 bits per heavy atom. The van der Waals surface area contributed by atoms with Crippen LogP contribution in [0, 0.1) is 0 Å². The second kappa shape index (κ2) is 21.7. The minimum absolute atomic E-state index is 0.319. The second-order valence-corrected chi connectivity index (χ2v) is 7.36. The highest BCUT2D eigenvalue weighted by Crippen LogP contribution is 2.05. The monoisotopic (exact) mass is 387 g/mol. The Kier molecular flexibility index (Phi) is 20.5. The van der Waals surface area contributed by atoms with Crippen molar-refractivity contribution in [1.29, 1.82) is 0 Å². The van der Waals surface area contributed by atoms with Gasteiger partial charge in [0, 0.05) is 19.5 Å². The van der Waals surface area contributed by atoms with E-state index in [1.165, 1.54) is 25.7 Å². The van der Waals surface area contributed by atoms with E-state index in [-0.39, 0.29) is 0 Å². The zero-order chi connectivity index (χ0) is 20.7. The topological polar surface area (TPSA) is 20.3 Å². The van der Waals surface area contributed by atoms with Crippen LogP contribution in [-0.4, -0.2) is 23.9 Å². The molecule has 0 atom stereocenters. The van der Waals surface area contributed by atoms with Gasteiger partial charge in [0.25, 0.3) is 0 Å². The fourth-order valence-electron chi connectivity index (χ4n) is 2.99. The molecular weight excluding hydrogens is 342 g/mol. The molecule has 0 bridgehead atoms. The third-order valence-electron chi connectivity index (χ3n) is 4.56. The fourth-order valence-corrected chi connectivity index (χ4v) is 2.99. The molecule has 28 heavy (non-hydrogen) atoms. The van der Waals surface area contributed by atoms with Crippen molar-refractivity contribution >= 4 is 5.91 Å². The highest BCUT2D eigenvalue weighted by atomic mass is 16.2. The summed E-state index contributed by atoms with van der Waals surface area (Å²) < 4.78 is 0. The molecule has 0 radical (unpaired) electrons. The second-order valence-electron chi connectivity index (χ2n) is 7.36. The molecule has 0 saturated carbocycles. The zero-order valence-electron chi connectivity index (χ0n) is 18.9. The summed E-state index contributed by atoms with van der Waals surface area (Å²) in [5.74, 6) is 0.319. The van der Waals surface area contributed by atoms with Crippen LogP contribution in [0.5, 0.6) is 0 Å². The van der Waals surface area contributed by atoms with Crippen LogP contribution in [0.1, 0.15) is 97.8 Å². The van der Waals surface area contributed by atoms with Gasteiger partial charge in [-0.15, -0.1) is 0 Å². The molecule has 0 spiro atoms. The lowest BCUT2D eigenvalue weighted by Crippen LogP contribution is -2.32. The predicted octanol–water partition coefficient (Wildman–Crippen LogP) is 7.78. The maximum absolute atomic E-state index is 12.2. The molecule has 0 N–H and O–H groups in total. The van der Waals surface area contributed by atoms with Crippen molar-refractivity contribution in [1.82, 2.24) is 4.90 Å². The van der Waals surface area contributed by atoms with Crippen molar-refractivity contribution in [3.05, 3.63) is 48.6 Å². The predicted molar refractivity (Wildman–Crippen MR) is 126 cm³/mol. The average Bonchev–Trinajstić information content (AvgIpc) is 2.70. The van der Waals surface area contributed by atoms with Gasteiger partial charge in [0.1, 0.15) is 0 Å². The molecule has 2 heteroatoms. The lowest BCUT2D eigenvalue weighted by atomic mass is 10.2. The van der Waals surface area contributed by atoms with Crippen molar-refractivity contribution in [3.63, 3.8) is 0 Å². The van der Waals surface area contributed by atoms with E-state index >= 15 is 0 Å². The highest BCUT2D eigenvalue weighted by molar-refractivity contribution is 5.76. The van der Waals surface area contributed by atoms with Crippen LogP contribution in [0.2, 0.25) is 0 Å². The summed E-state index contributed by atoms with van der Waals surface area (Å²) in [6, 6.07) is 0. The number of hydrogen-bond acceptors (Lipinski definition) is 1. The lowest BCUT2D eigenvalue weighted by Gasteiger charge is -2.21. The summed E-state index contributed by atoms with van der Waals surface area (Å²) in [6.45, 7) is 8.31. The van der Waals surface area contributed by atoms with Crippen molar-refractivity contribution < 1.29 is 4.79 Å². The maximum Gasteiger partial charge on any atom is 0.222 e. The molecule has 2 nitrogen and oxygen atoms in total. The molecule has 0 aliphatic carbocycles. The number of allylic oxidation sites excluding steroid dienone is 8.